The molecule has 1 aliphatic rings. The van der Waals surface area contributed by atoms with Crippen LogP contribution in [-0.4, -0.2) is 38.2 Å². The minimum atomic E-state index is -1.10. The molecule has 1 aromatic carbocycles. The molecule has 21 heavy (non-hydrogen) atoms. The highest BCUT2D eigenvalue weighted by Crippen LogP contribution is 2.23. The molecule has 1 heterocycles. The number of amides is 3. The number of aromatic carboxylic acids is 1. The van der Waals surface area contributed by atoms with E-state index in [1.807, 2.05) is 22.6 Å². The van der Waals surface area contributed by atoms with Crippen molar-refractivity contribution in [1.29, 1.82) is 0 Å². The molecule has 2 rings (SSSR count). The summed E-state index contributed by atoms with van der Waals surface area (Å²) in [7, 11) is 0. The molecule has 8 heteroatoms. The zero-order valence-electron chi connectivity index (χ0n) is 10.8. The Labute approximate surface area is 133 Å². The minimum absolute atomic E-state index is 0.0553. The van der Waals surface area contributed by atoms with Crippen LogP contribution in [0.3, 0.4) is 0 Å². The fourth-order valence-corrected chi connectivity index (χ4v) is 2.28. The van der Waals surface area contributed by atoms with Crippen molar-refractivity contribution in [2.75, 3.05) is 9.44 Å². The van der Waals surface area contributed by atoms with Gasteiger partial charge in [0.15, 0.2) is 0 Å². The lowest BCUT2D eigenvalue weighted by molar-refractivity contribution is -0.142. The first kappa shape index (κ1) is 15.4. The van der Waals surface area contributed by atoms with E-state index in [0.717, 1.165) is 10.0 Å². The van der Waals surface area contributed by atoms with Gasteiger partial charge >= 0.3 is 5.97 Å². The predicted octanol–water partition coefficient (Wildman–Crippen LogP) is 1.22. The van der Waals surface area contributed by atoms with E-state index >= 15 is 0 Å². The van der Waals surface area contributed by atoms with Gasteiger partial charge in [0.25, 0.3) is 5.91 Å². The van der Waals surface area contributed by atoms with Crippen molar-refractivity contribution in [3.63, 3.8) is 0 Å². The zero-order chi connectivity index (χ0) is 15.6. The zero-order valence-corrected chi connectivity index (χ0v) is 12.9. The van der Waals surface area contributed by atoms with Crippen LogP contribution in [0.1, 0.15) is 23.2 Å². The largest absolute Gasteiger partial charge is 0.478 e. The van der Waals surface area contributed by atoms with Gasteiger partial charge in [0.1, 0.15) is 0 Å². The number of nitrogens with zero attached hydrogens (tertiary/aromatic N) is 2. The van der Waals surface area contributed by atoms with E-state index in [2.05, 4.69) is 0 Å². The van der Waals surface area contributed by atoms with Crippen molar-refractivity contribution in [2.24, 2.45) is 0 Å². The maximum Gasteiger partial charge on any atom is 0.335 e. The highest BCUT2D eigenvalue weighted by atomic mass is 127. The van der Waals surface area contributed by atoms with Gasteiger partial charge in [0, 0.05) is 12.8 Å². The molecule has 1 N–H and O–H groups in total. The standard InChI is InChI=1S/C13H11IN2O5/c14-7-12(19)15(16-10(17)5-6-11(16)18)9-3-1-8(2-4-9)13(20)21/h1-4H,5-7H2,(H,20,21). The molecule has 0 aromatic heterocycles. The van der Waals surface area contributed by atoms with E-state index in [4.69, 9.17) is 5.11 Å². The van der Waals surface area contributed by atoms with E-state index in [9.17, 15) is 19.2 Å². The Bertz CT molecular complexity index is 597. The van der Waals surface area contributed by atoms with Gasteiger partial charge in [-0.3, -0.25) is 14.4 Å². The third-order valence-electron chi connectivity index (χ3n) is 2.93. The van der Waals surface area contributed by atoms with Crippen LogP contribution >= 0.6 is 22.6 Å². The summed E-state index contributed by atoms with van der Waals surface area (Å²) in [6, 6.07) is 5.42. The first-order valence-corrected chi connectivity index (χ1v) is 7.56. The van der Waals surface area contributed by atoms with E-state index in [-0.39, 0.29) is 28.5 Å². The van der Waals surface area contributed by atoms with Crippen molar-refractivity contribution in [3.05, 3.63) is 29.8 Å². The first-order valence-electron chi connectivity index (χ1n) is 6.03. The Kier molecular flexibility index (Phi) is 4.56. The molecule has 1 saturated heterocycles. The molecule has 1 aliphatic heterocycles. The molecule has 0 atom stereocenters. The molecule has 0 aliphatic carbocycles. The number of hydrogen-bond donors (Lipinski definition) is 1. The Morgan fingerprint density at radius 2 is 1.67 bits per heavy atom. The van der Waals surface area contributed by atoms with Gasteiger partial charge < -0.3 is 5.11 Å². The predicted molar refractivity (Wildman–Crippen MR) is 80.9 cm³/mol. The second-order valence-corrected chi connectivity index (χ2v) is 5.05. The number of carboxylic acids is 1. The number of rotatable bonds is 4. The molecule has 0 saturated carbocycles. The Balaban J connectivity index is 2.41. The number of hydrogen-bond acceptors (Lipinski definition) is 4. The summed E-state index contributed by atoms with van der Waals surface area (Å²) in [4.78, 5) is 46.5. The third kappa shape index (κ3) is 3.04. The molecule has 0 spiro atoms. The second kappa shape index (κ2) is 6.20. The number of carbonyl (C=O) groups excluding carboxylic acids is 3. The van der Waals surface area contributed by atoms with Crippen molar-refractivity contribution in [2.45, 2.75) is 12.8 Å². The fraction of sp³-hybridized carbons (Fsp3) is 0.231. The maximum absolute atomic E-state index is 12.1. The van der Waals surface area contributed by atoms with Crippen LogP contribution in [0.2, 0.25) is 0 Å². The van der Waals surface area contributed by atoms with Crippen molar-refractivity contribution < 1.29 is 24.3 Å². The molecule has 0 radical (unpaired) electrons. The summed E-state index contributed by atoms with van der Waals surface area (Å²) < 4.78 is 0.0789. The van der Waals surface area contributed by atoms with Crippen molar-refractivity contribution in [1.82, 2.24) is 5.01 Å². The van der Waals surface area contributed by atoms with Gasteiger partial charge in [-0.05, 0) is 24.3 Å². The third-order valence-corrected chi connectivity index (χ3v) is 3.59. The van der Waals surface area contributed by atoms with Gasteiger partial charge in [-0.15, -0.1) is 0 Å². The number of carbonyl (C=O) groups is 4. The lowest BCUT2D eigenvalue weighted by Crippen LogP contribution is -2.50. The van der Waals surface area contributed by atoms with Crippen LogP contribution in [0.5, 0.6) is 0 Å². The summed E-state index contributed by atoms with van der Waals surface area (Å²) in [5.74, 6) is -2.41. The lowest BCUT2D eigenvalue weighted by Gasteiger charge is -2.29. The summed E-state index contributed by atoms with van der Waals surface area (Å²) >= 11 is 1.84. The van der Waals surface area contributed by atoms with Gasteiger partial charge in [-0.1, -0.05) is 22.6 Å². The molecule has 110 valence electrons. The highest BCUT2D eigenvalue weighted by Gasteiger charge is 2.37. The Morgan fingerprint density at radius 1 is 1.14 bits per heavy atom. The first-order chi connectivity index (χ1) is 9.95. The summed E-state index contributed by atoms with van der Waals surface area (Å²) in [6.07, 6.45) is 0.133. The van der Waals surface area contributed by atoms with Crippen molar-refractivity contribution in [3.8, 4) is 0 Å². The maximum atomic E-state index is 12.1. The number of halogens is 1. The van der Waals surface area contributed by atoms with Crippen molar-refractivity contribution >= 4 is 52.0 Å². The SMILES string of the molecule is O=C(O)c1ccc(N(C(=O)CI)N2C(=O)CCC2=O)cc1. The van der Waals surface area contributed by atoms with Crippen LogP contribution < -0.4 is 5.01 Å². The van der Waals surface area contributed by atoms with Crippen LogP contribution in [0.25, 0.3) is 0 Å². The second-order valence-electron chi connectivity index (χ2n) is 4.29. The fourth-order valence-electron chi connectivity index (χ4n) is 1.96. The molecular weight excluding hydrogens is 391 g/mol. The number of benzene rings is 1. The number of carboxylic acid groups (broad SMARTS) is 1. The van der Waals surface area contributed by atoms with Gasteiger partial charge in [-0.25, -0.2) is 9.80 Å². The Morgan fingerprint density at radius 3 is 2.10 bits per heavy atom. The van der Waals surface area contributed by atoms with E-state index in [1.54, 1.807) is 0 Å². The number of alkyl halides is 1. The van der Waals surface area contributed by atoms with E-state index < -0.39 is 23.7 Å². The molecule has 1 aromatic rings. The Hall–Kier alpha value is -1.97. The smallest absolute Gasteiger partial charge is 0.335 e. The quantitative estimate of drug-likeness (QED) is 0.464. The summed E-state index contributed by atoms with van der Waals surface area (Å²) in [5, 5.41) is 10.7. The lowest BCUT2D eigenvalue weighted by atomic mass is 10.2. The minimum Gasteiger partial charge on any atom is -0.478 e. The van der Waals surface area contributed by atoms with Crippen LogP contribution in [0.15, 0.2) is 24.3 Å². The molecular formula is C13H11IN2O5. The van der Waals surface area contributed by atoms with Crippen LogP contribution in [0, 0.1) is 0 Å². The number of hydrazine groups is 1. The summed E-state index contributed by atoms with van der Waals surface area (Å²) in [5.41, 5.74) is 0.338. The van der Waals surface area contributed by atoms with E-state index in [1.165, 1.54) is 24.3 Å². The van der Waals surface area contributed by atoms with Gasteiger partial charge in [-0.2, -0.15) is 5.01 Å². The van der Waals surface area contributed by atoms with Gasteiger partial charge in [0.05, 0.1) is 15.7 Å². The molecule has 3 amide bonds. The molecule has 1 fully saturated rings. The monoisotopic (exact) mass is 402 g/mol. The highest BCUT2D eigenvalue weighted by molar-refractivity contribution is 14.1. The number of imide groups is 1. The van der Waals surface area contributed by atoms with Crippen LogP contribution in [-0.2, 0) is 14.4 Å². The van der Waals surface area contributed by atoms with E-state index in [0.29, 0.717) is 0 Å². The molecule has 0 unspecified atom stereocenters. The van der Waals surface area contributed by atoms with Gasteiger partial charge in [0.2, 0.25) is 11.8 Å². The number of anilines is 1. The molecule has 7 nitrogen and oxygen atoms in total. The average Bonchev–Trinajstić information content (AvgIpc) is 2.80. The van der Waals surface area contributed by atoms with Crippen LogP contribution in [0.4, 0.5) is 5.69 Å². The molecule has 0 bridgehead atoms. The topological polar surface area (TPSA) is 95.0 Å². The normalized spacial score (nSPS) is 14.4. The average molecular weight is 402 g/mol. The summed E-state index contributed by atoms with van der Waals surface area (Å²) in [6.45, 7) is 0.